The minimum absolute atomic E-state index is 0.216. The molecule has 3 unspecified atom stereocenters. The summed E-state index contributed by atoms with van der Waals surface area (Å²) in [7, 11) is 4.16. The van der Waals surface area contributed by atoms with E-state index in [1.807, 2.05) is 6.07 Å². The lowest BCUT2D eigenvalue weighted by atomic mass is 9.91. The van der Waals surface area contributed by atoms with Gasteiger partial charge in [0.1, 0.15) is 6.23 Å². The van der Waals surface area contributed by atoms with E-state index in [-0.39, 0.29) is 5.41 Å². The maximum atomic E-state index is 10.8. The summed E-state index contributed by atoms with van der Waals surface area (Å²) >= 11 is 0. The Morgan fingerprint density at radius 1 is 1.06 bits per heavy atom. The molecule has 0 bridgehead atoms. The second-order valence-electron chi connectivity index (χ2n) is 9.62. The van der Waals surface area contributed by atoms with Crippen LogP contribution in [0.5, 0.6) is 0 Å². The Bertz CT molecular complexity index is 1350. The monoisotopic (exact) mass is 436 g/mol. The standard InChI is InChI=1S/C28H28N4O/c1-32(2)17-19-9-7-18(8-10-19)11-14-24-21-13-12-20(15-26(21)31-30-24)23-16-28(23)22-5-3-4-6-25(22)29-27(28)33/h3-15,23,27,29,33H,16-17H2,1-2H3,(H,30,31)/b14-11+. The van der Waals surface area contributed by atoms with Crippen LogP contribution in [0.25, 0.3) is 23.1 Å². The molecule has 2 aliphatic rings. The van der Waals surface area contributed by atoms with Gasteiger partial charge in [-0.1, -0.05) is 60.7 Å². The van der Waals surface area contributed by atoms with E-state index in [1.165, 1.54) is 16.7 Å². The highest BCUT2D eigenvalue weighted by Crippen LogP contribution is 2.66. The van der Waals surface area contributed by atoms with Crippen molar-refractivity contribution in [2.45, 2.75) is 30.5 Å². The van der Waals surface area contributed by atoms with E-state index in [4.69, 9.17) is 0 Å². The number of para-hydroxylation sites is 1. The predicted molar refractivity (Wildman–Crippen MR) is 134 cm³/mol. The molecule has 3 N–H and O–H groups in total. The molecule has 3 atom stereocenters. The smallest absolute Gasteiger partial charge is 0.134 e. The zero-order chi connectivity index (χ0) is 22.6. The number of nitrogens with one attached hydrogen (secondary N) is 2. The first-order valence-corrected chi connectivity index (χ1v) is 11.5. The average Bonchev–Trinajstić information content (AvgIpc) is 3.35. The molecule has 0 amide bonds. The van der Waals surface area contributed by atoms with Crippen LogP contribution in [-0.4, -0.2) is 40.5 Å². The fourth-order valence-electron chi connectivity index (χ4n) is 5.41. The van der Waals surface area contributed by atoms with Crippen LogP contribution >= 0.6 is 0 Å². The van der Waals surface area contributed by atoms with E-state index in [0.29, 0.717) is 5.92 Å². The van der Waals surface area contributed by atoms with Crippen molar-refractivity contribution in [1.29, 1.82) is 0 Å². The molecule has 3 aromatic carbocycles. The van der Waals surface area contributed by atoms with Crippen molar-refractivity contribution in [1.82, 2.24) is 15.1 Å². The number of aromatic amines is 1. The first-order valence-electron chi connectivity index (χ1n) is 11.5. The highest BCUT2D eigenvalue weighted by atomic mass is 16.3. The fourth-order valence-corrected chi connectivity index (χ4v) is 5.41. The summed E-state index contributed by atoms with van der Waals surface area (Å²) < 4.78 is 0. The van der Waals surface area contributed by atoms with Gasteiger partial charge >= 0.3 is 0 Å². The normalized spacial score (nSPS) is 23.5. The van der Waals surface area contributed by atoms with Crippen LogP contribution in [0.4, 0.5) is 5.69 Å². The van der Waals surface area contributed by atoms with Crippen LogP contribution in [-0.2, 0) is 12.0 Å². The molecular formula is C28H28N4O. The van der Waals surface area contributed by atoms with Gasteiger partial charge in [0, 0.05) is 23.0 Å². The molecule has 1 aromatic heterocycles. The lowest BCUT2D eigenvalue weighted by Crippen LogP contribution is -2.27. The van der Waals surface area contributed by atoms with Crippen molar-refractivity contribution >= 4 is 28.7 Å². The van der Waals surface area contributed by atoms with E-state index in [2.05, 4.69) is 107 Å². The molecule has 6 rings (SSSR count). The summed E-state index contributed by atoms with van der Waals surface area (Å²) in [5.74, 6) is 0.302. The van der Waals surface area contributed by atoms with Gasteiger partial charge in [0.25, 0.3) is 0 Å². The minimum atomic E-state index is -0.542. The summed E-state index contributed by atoms with van der Waals surface area (Å²) in [5.41, 5.74) is 7.74. The van der Waals surface area contributed by atoms with E-state index in [0.717, 1.165) is 40.8 Å². The largest absolute Gasteiger partial charge is 0.373 e. The molecule has 33 heavy (non-hydrogen) atoms. The molecule has 1 aliphatic heterocycles. The number of rotatable bonds is 5. The zero-order valence-corrected chi connectivity index (χ0v) is 18.9. The predicted octanol–water partition coefficient (Wildman–Crippen LogP) is 4.96. The quantitative estimate of drug-likeness (QED) is 0.414. The fraction of sp³-hybridized carbons (Fsp3) is 0.250. The molecule has 2 heterocycles. The second kappa shape index (κ2) is 7.58. The van der Waals surface area contributed by atoms with Gasteiger partial charge in [-0.15, -0.1) is 0 Å². The molecule has 5 heteroatoms. The van der Waals surface area contributed by atoms with Crippen LogP contribution in [0.15, 0.2) is 66.7 Å². The first-order chi connectivity index (χ1) is 16.0. The molecule has 1 spiro atoms. The van der Waals surface area contributed by atoms with Crippen LogP contribution in [0, 0.1) is 0 Å². The average molecular weight is 437 g/mol. The summed E-state index contributed by atoms with van der Waals surface area (Å²) in [5, 5.41) is 22.9. The van der Waals surface area contributed by atoms with Crippen molar-refractivity contribution < 1.29 is 5.11 Å². The number of H-pyrrole nitrogens is 1. The van der Waals surface area contributed by atoms with Crippen molar-refractivity contribution in [2.75, 3.05) is 19.4 Å². The van der Waals surface area contributed by atoms with E-state index in [1.54, 1.807) is 0 Å². The Hall–Kier alpha value is -3.41. The SMILES string of the molecule is CN(C)Cc1ccc(/C=C/c2n[nH]c3cc(C4CC45c4ccccc4NC5O)ccc23)cc1. The maximum absolute atomic E-state index is 10.8. The summed E-state index contributed by atoms with van der Waals surface area (Å²) in [6, 6.07) is 23.4. The van der Waals surface area contributed by atoms with E-state index in [9.17, 15) is 5.11 Å². The molecule has 1 fully saturated rings. The topological polar surface area (TPSA) is 64.2 Å². The van der Waals surface area contributed by atoms with Crippen molar-refractivity contribution in [3.05, 3.63) is 94.7 Å². The number of aliphatic hydroxyl groups is 1. The molecule has 4 aromatic rings. The van der Waals surface area contributed by atoms with Crippen LogP contribution in [0.2, 0.25) is 0 Å². The molecule has 5 nitrogen and oxygen atoms in total. The summed E-state index contributed by atoms with van der Waals surface area (Å²) in [4.78, 5) is 2.17. The maximum Gasteiger partial charge on any atom is 0.134 e. The third-order valence-electron chi connectivity index (χ3n) is 7.14. The Morgan fingerprint density at radius 2 is 1.88 bits per heavy atom. The number of fused-ring (bicyclic) bond motifs is 3. The van der Waals surface area contributed by atoms with Gasteiger partial charge in [-0.2, -0.15) is 5.10 Å². The lowest BCUT2D eigenvalue weighted by molar-refractivity contribution is 0.166. The van der Waals surface area contributed by atoms with Gasteiger partial charge < -0.3 is 15.3 Å². The van der Waals surface area contributed by atoms with Gasteiger partial charge in [0.15, 0.2) is 0 Å². The molecule has 166 valence electrons. The number of nitrogens with zero attached hydrogens (tertiary/aromatic N) is 2. The number of aliphatic hydroxyl groups excluding tert-OH is 1. The van der Waals surface area contributed by atoms with Crippen molar-refractivity contribution in [3.63, 3.8) is 0 Å². The number of aromatic nitrogens is 2. The Morgan fingerprint density at radius 3 is 2.70 bits per heavy atom. The Kier molecular flexibility index (Phi) is 4.64. The van der Waals surface area contributed by atoms with Crippen molar-refractivity contribution in [3.8, 4) is 0 Å². The van der Waals surface area contributed by atoms with Gasteiger partial charge in [-0.05, 0) is 66.9 Å². The number of hydrogen-bond donors (Lipinski definition) is 3. The van der Waals surface area contributed by atoms with Gasteiger partial charge in [-0.3, -0.25) is 5.10 Å². The van der Waals surface area contributed by atoms with Crippen molar-refractivity contribution in [2.24, 2.45) is 0 Å². The van der Waals surface area contributed by atoms with Gasteiger partial charge in [-0.25, -0.2) is 0 Å². The Labute approximate surface area is 193 Å². The highest BCUT2D eigenvalue weighted by Gasteiger charge is 2.64. The first kappa shape index (κ1) is 20.2. The lowest BCUT2D eigenvalue weighted by Gasteiger charge is -2.16. The number of anilines is 1. The number of benzene rings is 3. The molecule has 0 radical (unpaired) electrons. The van der Waals surface area contributed by atoms with Gasteiger partial charge in [0.2, 0.25) is 0 Å². The van der Waals surface area contributed by atoms with E-state index < -0.39 is 6.23 Å². The second-order valence-corrected chi connectivity index (χ2v) is 9.62. The summed E-state index contributed by atoms with van der Waals surface area (Å²) in [6.07, 6.45) is 4.59. The van der Waals surface area contributed by atoms with Crippen LogP contribution < -0.4 is 5.32 Å². The third kappa shape index (κ3) is 3.36. The van der Waals surface area contributed by atoms with Crippen LogP contribution in [0.3, 0.4) is 0 Å². The molecule has 1 aliphatic carbocycles. The highest BCUT2D eigenvalue weighted by molar-refractivity contribution is 5.90. The minimum Gasteiger partial charge on any atom is -0.373 e. The molecular weight excluding hydrogens is 408 g/mol. The third-order valence-corrected chi connectivity index (χ3v) is 7.14. The summed E-state index contributed by atoms with van der Waals surface area (Å²) in [6.45, 7) is 0.942. The number of hydrogen-bond acceptors (Lipinski definition) is 4. The molecule has 0 saturated heterocycles. The van der Waals surface area contributed by atoms with Crippen LogP contribution in [0.1, 0.15) is 40.3 Å². The Balaban J connectivity index is 1.24. The van der Waals surface area contributed by atoms with E-state index >= 15 is 0 Å². The van der Waals surface area contributed by atoms with Gasteiger partial charge in [0.05, 0.1) is 11.2 Å². The molecule has 1 saturated carbocycles. The zero-order valence-electron chi connectivity index (χ0n) is 18.9.